The number of hydrogen-bond donors (Lipinski definition) is 0. The Morgan fingerprint density at radius 1 is 1.30 bits per heavy atom. The van der Waals surface area contributed by atoms with Gasteiger partial charge in [-0.15, -0.1) is 0 Å². The first kappa shape index (κ1) is 17.1. The summed E-state index contributed by atoms with van der Waals surface area (Å²) in [4.78, 5) is 26.1. The van der Waals surface area contributed by atoms with Gasteiger partial charge in [-0.3, -0.25) is 14.5 Å². The molecule has 23 heavy (non-hydrogen) atoms. The molecule has 1 aliphatic rings. The second-order valence-electron chi connectivity index (χ2n) is 4.66. The van der Waals surface area contributed by atoms with Gasteiger partial charge >= 0.3 is 0 Å². The summed E-state index contributed by atoms with van der Waals surface area (Å²) in [6, 6.07) is 8.81. The molecule has 0 N–H and O–H groups in total. The van der Waals surface area contributed by atoms with Crippen molar-refractivity contribution in [2.75, 3.05) is 0 Å². The van der Waals surface area contributed by atoms with Crippen molar-refractivity contribution in [3.63, 3.8) is 0 Å². The van der Waals surface area contributed by atoms with Crippen LogP contribution >= 0.6 is 61.9 Å². The quantitative estimate of drug-likeness (QED) is 0.391. The van der Waals surface area contributed by atoms with Crippen molar-refractivity contribution in [3.05, 3.63) is 59.8 Å². The minimum Gasteiger partial charge on any atom is -0.450 e. The van der Waals surface area contributed by atoms with Gasteiger partial charge in [0.25, 0.3) is 11.1 Å². The van der Waals surface area contributed by atoms with Crippen LogP contribution < -0.4 is 0 Å². The molecule has 1 aromatic carbocycles. The van der Waals surface area contributed by atoms with Crippen molar-refractivity contribution < 1.29 is 14.0 Å². The highest BCUT2D eigenvalue weighted by atomic mass is 127. The lowest BCUT2D eigenvalue weighted by Gasteiger charge is -2.12. The topological polar surface area (TPSA) is 50.5 Å². The summed E-state index contributed by atoms with van der Waals surface area (Å²) in [5.74, 6) is 0.204. The lowest BCUT2D eigenvalue weighted by molar-refractivity contribution is -0.123. The van der Waals surface area contributed by atoms with Crippen molar-refractivity contribution in [2.24, 2.45) is 0 Å². The van der Waals surface area contributed by atoms with Crippen molar-refractivity contribution in [3.8, 4) is 0 Å². The van der Waals surface area contributed by atoms with E-state index in [-0.39, 0.29) is 17.7 Å². The molecule has 2 amide bonds. The predicted octanol–water partition coefficient (Wildman–Crippen LogP) is 5.54. The fourth-order valence-corrected chi connectivity index (χ4v) is 3.63. The Kier molecular flexibility index (Phi) is 5.19. The molecule has 3 rings (SSSR count). The van der Waals surface area contributed by atoms with Crippen molar-refractivity contribution in [1.82, 2.24) is 4.90 Å². The molecule has 0 atom stereocenters. The van der Waals surface area contributed by atoms with Gasteiger partial charge in [0.15, 0.2) is 3.77 Å². The molecule has 1 aliphatic heterocycles. The van der Waals surface area contributed by atoms with E-state index in [4.69, 9.17) is 16.0 Å². The van der Waals surface area contributed by atoms with Gasteiger partial charge in [0.1, 0.15) is 5.76 Å². The number of hydrogen-bond acceptors (Lipinski definition) is 4. The molecular weight excluding hydrogens is 516 g/mol. The largest absolute Gasteiger partial charge is 0.450 e. The van der Waals surface area contributed by atoms with E-state index < -0.39 is 0 Å². The van der Waals surface area contributed by atoms with Gasteiger partial charge in [-0.2, -0.15) is 0 Å². The zero-order chi connectivity index (χ0) is 16.6. The summed E-state index contributed by atoms with van der Waals surface area (Å²) in [5, 5.41) is 0.317. The molecule has 8 heteroatoms. The number of benzene rings is 1. The van der Waals surface area contributed by atoms with Gasteiger partial charge in [-0.05, 0) is 51.5 Å². The van der Waals surface area contributed by atoms with E-state index in [2.05, 4.69) is 15.9 Å². The van der Waals surface area contributed by atoms with Crippen molar-refractivity contribution in [1.29, 1.82) is 0 Å². The number of carbonyl (C=O) groups excluding carboxylic acids is 2. The SMILES string of the molecule is O=C1S/C(=C\c2cc(Br)c(I)o2)C(=O)N1Cc1ccc(Cl)cc1. The smallest absolute Gasteiger partial charge is 0.293 e. The Balaban J connectivity index is 1.80. The Labute approximate surface area is 163 Å². The van der Waals surface area contributed by atoms with Gasteiger partial charge in [0, 0.05) is 33.7 Å². The maximum Gasteiger partial charge on any atom is 0.293 e. The fraction of sp³-hybridized carbons (Fsp3) is 0.0667. The zero-order valence-corrected chi connectivity index (χ0v) is 16.7. The highest BCUT2D eigenvalue weighted by Crippen LogP contribution is 2.34. The second kappa shape index (κ2) is 7.00. The first-order valence-corrected chi connectivity index (χ1v) is 9.45. The number of thioether (sulfide) groups is 1. The lowest BCUT2D eigenvalue weighted by atomic mass is 10.2. The van der Waals surface area contributed by atoms with Crippen LogP contribution in [0.3, 0.4) is 0 Å². The number of rotatable bonds is 3. The first-order chi connectivity index (χ1) is 10.9. The van der Waals surface area contributed by atoms with Gasteiger partial charge in [-0.25, -0.2) is 0 Å². The number of nitrogens with zero attached hydrogens (tertiary/aromatic N) is 1. The third-order valence-corrected chi connectivity index (χ3v) is 6.36. The van der Waals surface area contributed by atoms with Crippen LogP contribution in [-0.2, 0) is 11.3 Å². The van der Waals surface area contributed by atoms with E-state index in [1.807, 2.05) is 22.6 Å². The Hall–Kier alpha value is -0.770. The van der Waals surface area contributed by atoms with Gasteiger partial charge < -0.3 is 4.42 Å². The zero-order valence-electron chi connectivity index (χ0n) is 11.4. The van der Waals surface area contributed by atoms with Gasteiger partial charge in [-0.1, -0.05) is 23.7 Å². The highest BCUT2D eigenvalue weighted by Gasteiger charge is 2.35. The Bertz CT molecular complexity index is 799. The predicted molar refractivity (Wildman–Crippen MR) is 102 cm³/mol. The number of furan rings is 1. The normalized spacial score (nSPS) is 16.7. The minimum absolute atomic E-state index is 0.221. The van der Waals surface area contributed by atoms with Crippen LogP contribution in [0.4, 0.5) is 4.79 Å². The summed E-state index contributed by atoms with van der Waals surface area (Å²) in [6.07, 6.45) is 1.58. The number of halogens is 3. The third kappa shape index (κ3) is 3.84. The summed E-state index contributed by atoms with van der Waals surface area (Å²) >= 11 is 12.1. The molecule has 2 aromatic rings. The number of carbonyl (C=O) groups is 2. The van der Waals surface area contributed by atoms with E-state index >= 15 is 0 Å². The van der Waals surface area contributed by atoms with Crippen LogP contribution in [0.5, 0.6) is 0 Å². The van der Waals surface area contributed by atoms with Crippen LogP contribution in [0.15, 0.2) is 44.1 Å². The van der Waals surface area contributed by atoms with Crippen LogP contribution in [-0.4, -0.2) is 16.0 Å². The first-order valence-electron chi connectivity index (χ1n) is 6.38. The average Bonchev–Trinajstić information content (AvgIpc) is 2.95. The fourth-order valence-electron chi connectivity index (χ4n) is 1.97. The van der Waals surface area contributed by atoms with E-state index in [9.17, 15) is 9.59 Å². The summed E-state index contributed by atoms with van der Waals surface area (Å²) in [5.41, 5.74) is 0.841. The maximum absolute atomic E-state index is 12.4. The Morgan fingerprint density at radius 3 is 2.61 bits per heavy atom. The van der Waals surface area contributed by atoms with Crippen molar-refractivity contribution >= 4 is 79.1 Å². The molecule has 4 nitrogen and oxygen atoms in total. The second-order valence-corrected chi connectivity index (χ2v) is 7.93. The number of amides is 2. The molecule has 0 aliphatic carbocycles. The maximum atomic E-state index is 12.4. The molecule has 2 heterocycles. The molecule has 1 fully saturated rings. The average molecular weight is 525 g/mol. The van der Waals surface area contributed by atoms with Crippen LogP contribution in [0.2, 0.25) is 5.02 Å². The van der Waals surface area contributed by atoms with Gasteiger partial charge in [0.05, 0.1) is 15.9 Å². The summed E-state index contributed by atoms with van der Waals surface area (Å²) in [7, 11) is 0. The van der Waals surface area contributed by atoms with E-state index in [1.165, 1.54) is 4.90 Å². The molecule has 0 radical (unpaired) electrons. The van der Waals surface area contributed by atoms with Gasteiger partial charge in [0.2, 0.25) is 0 Å². The third-order valence-electron chi connectivity index (χ3n) is 3.07. The van der Waals surface area contributed by atoms with Crippen molar-refractivity contribution in [2.45, 2.75) is 6.54 Å². The van der Waals surface area contributed by atoms with Crippen LogP contribution in [0, 0.1) is 3.77 Å². The van der Waals surface area contributed by atoms with E-state index in [1.54, 1.807) is 36.4 Å². The molecular formula is C15H8BrClINO3S. The highest BCUT2D eigenvalue weighted by molar-refractivity contribution is 14.1. The molecule has 1 aromatic heterocycles. The lowest BCUT2D eigenvalue weighted by Crippen LogP contribution is -2.27. The molecule has 1 saturated heterocycles. The minimum atomic E-state index is -0.322. The molecule has 0 bridgehead atoms. The molecule has 118 valence electrons. The summed E-state index contributed by atoms with van der Waals surface area (Å²) < 4.78 is 6.98. The Morgan fingerprint density at radius 2 is 2.00 bits per heavy atom. The van der Waals surface area contributed by atoms with E-state index in [0.29, 0.717) is 19.5 Å². The molecule has 0 saturated carbocycles. The standard InChI is InChI=1S/C15H8BrClINO3S/c16-11-5-10(22-13(11)18)6-12-14(20)19(15(21)23-12)7-8-1-3-9(17)4-2-8/h1-6H,7H2/b12-6-. The number of imide groups is 1. The monoisotopic (exact) mass is 523 g/mol. The summed E-state index contributed by atoms with van der Waals surface area (Å²) in [6.45, 7) is 0.221. The molecule has 0 unspecified atom stereocenters. The van der Waals surface area contributed by atoms with Crippen LogP contribution in [0.25, 0.3) is 6.08 Å². The van der Waals surface area contributed by atoms with Crippen LogP contribution in [0.1, 0.15) is 11.3 Å². The van der Waals surface area contributed by atoms with E-state index in [0.717, 1.165) is 21.8 Å². The molecule has 0 spiro atoms.